The van der Waals surface area contributed by atoms with Gasteiger partial charge in [-0.1, -0.05) is 24.3 Å². The summed E-state index contributed by atoms with van der Waals surface area (Å²) in [5.41, 5.74) is 2.51. The molecule has 1 amide bonds. The molecular weight excluding hydrogens is 292 g/mol. The Morgan fingerprint density at radius 3 is 2.74 bits per heavy atom. The van der Waals surface area contributed by atoms with Crippen LogP contribution in [0.4, 0.5) is 5.69 Å². The van der Waals surface area contributed by atoms with E-state index in [1.165, 1.54) is 19.1 Å². The van der Waals surface area contributed by atoms with Crippen molar-refractivity contribution in [2.45, 2.75) is 6.92 Å². The van der Waals surface area contributed by atoms with Crippen molar-refractivity contribution in [2.24, 2.45) is 0 Å². The van der Waals surface area contributed by atoms with Gasteiger partial charge in [-0.05, 0) is 31.2 Å². The standard InChI is InChI=1S/C18H14N2O3/c1-12(21)13-5-4-6-14(11-13)19-17(22)9-10-18-20-15-7-2-3-8-16(15)23-18/h2-11H,1H3,(H,19,22). The number of benzene rings is 2. The van der Waals surface area contributed by atoms with Gasteiger partial charge in [-0.25, -0.2) is 4.98 Å². The number of hydrogen-bond acceptors (Lipinski definition) is 4. The van der Waals surface area contributed by atoms with E-state index in [-0.39, 0.29) is 11.7 Å². The number of rotatable bonds is 4. The normalized spacial score (nSPS) is 11.0. The minimum Gasteiger partial charge on any atom is -0.437 e. The third-order valence-electron chi connectivity index (χ3n) is 3.22. The lowest BCUT2D eigenvalue weighted by Crippen LogP contribution is -2.08. The predicted molar refractivity (Wildman–Crippen MR) is 88.1 cm³/mol. The molecule has 1 aromatic heterocycles. The van der Waals surface area contributed by atoms with Gasteiger partial charge in [0.1, 0.15) is 5.52 Å². The van der Waals surface area contributed by atoms with Gasteiger partial charge in [0.25, 0.3) is 0 Å². The van der Waals surface area contributed by atoms with Gasteiger partial charge in [0, 0.05) is 23.4 Å². The van der Waals surface area contributed by atoms with Gasteiger partial charge in [-0.2, -0.15) is 0 Å². The van der Waals surface area contributed by atoms with Crippen molar-refractivity contribution in [1.82, 2.24) is 4.98 Å². The Balaban J connectivity index is 1.71. The molecule has 0 bridgehead atoms. The summed E-state index contributed by atoms with van der Waals surface area (Å²) in [4.78, 5) is 27.5. The molecule has 3 rings (SSSR count). The van der Waals surface area contributed by atoms with Gasteiger partial charge in [-0.3, -0.25) is 9.59 Å². The Bertz CT molecular complexity index is 876. The Labute approximate surface area is 132 Å². The first-order valence-electron chi connectivity index (χ1n) is 7.07. The summed E-state index contributed by atoms with van der Waals surface area (Å²) in [5, 5.41) is 2.69. The molecule has 1 N–H and O–H groups in total. The topological polar surface area (TPSA) is 72.2 Å². The monoisotopic (exact) mass is 306 g/mol. The Morgan fingerprint density at radius 1 is 1.13 bits per heavy atom. The Hall–Kier alpha value is -3.21. The number of nitrogens with zero attached hydrogens (tertiary/aromatic N) is 1. The number of anilines is 1. The highest BCUT2D eigenvalue weighted by Gasteiger charge is 2.04. The maximum atomic E-state index is 11.9. The van der Waals surface area contributed by atoms with E-state index >= 15 is 0 Å². The molecule has 0 spiro atoms. The van der Waals surface area contributed by atoms with Gasteiger partial charge in [-0.15, -0.1) is 0 Å². The summed E-state index contributed by atoms with van der Waals surface area (Å²) in [5.74, 6) is -0.0186. The highest BCUT2D eigenvalue weighted by atomic mass is 16.3. The molecule has 2 aromatic carbocycles. The maximum absolute atomic E-state index is 11.9. The first kappa shape index (κ1) is 14.7. The van der Waals surface area contributed by atoms with Gasteiger partial charge in [0.2, 0.25) is 11.8 Å². The zero-order valence-corrected chi connectivity index (χ0v) is 12.4. The molecule has 23 heavy (non-hydrogen) atoms. The second-order valence-electron chi connectivity index (χ2n) is 4.98. The lowest BCUT2D eigenvalue weighted by molar-refractivity contribution is -0.111. The number of para-hydroxylation sites is 2. The van der Waals surface area contributed by atoms with Crippen molar-refractivity contribution in [2.75, 3.05) is 5.32 Å². The number of amides is 1. The number of carbonyl (C=O) groups excluding carboxylic acids is 2. The van der Waals surface area contributed by atoms with Crippen molar-refractivity contribution in [3.05, 3.63) is 66.1 Å². The third-order valence-corrected chi connectivity index (χ3v) is 3.22. The van der Waals surface area contributed by atoms with Crippen LogP contribution in [0.5, 0.6) is 0 Å². The first-order valence-corrected chi connectivity index (χ1v) is 7.07. The molecule has 0 aliphatic carbocycles. The van der Waals surface area contributed by atoms with Crippen LogP contribution in [0.3, 0.4) is 0 Å². The van der Waals surface area contributed by atoms with Gasteiger partial charge in [0.15, 0.2) is 11.4 Å². The van der Waals surface area contributed by atoms with Crippen LogP contribution in [0, 0.1) is 0 Å². The van der Waals surface area contributed by atoms with Crippen molar-refractivity contribution in [3.8, 4) is 0 Å². The Morgan fingerprint density at radius 2 is 1.96 bits per heavy atom. The molecule has 0 fully saturated rings. The lowest BCUT2D eigenvalue weighted by atomic mass is 10.1. The summed E-state index contributed by atoms with van der Waals surface area (Å²) in [6.45, 7) is 1.48. The molecule has 5 nitrogen and oxygen atoms in total. The number of fused-ring (bicyclic) bond motifs is 1. The Kier molecular flexibility index (Phi) is 4.01. The first-order chi connectivity index (χ1) is 11.1. The fraction of sp³-hybridized carbons (Fsp3) is 0.0556. The molecular formula is C18H14N2O3. The van der Waals surface area contributed by atoms with Crippen LogP contribution in [-0.2, 0) is 4.79 Å². The number of Topliss-reactive ketones (excluding diaryl/α,β-unsaturated/α-hetero) is 1. The number of nitrogens with one attached hydrogen (secondary N) is 1. The molecule has 114 valence electrons. The van der Waals surface area contributed by atoms with Crippen molar-refractivity contribution < 1.29 is 14.0 Å². The summed E-state index contributed by atoms with van der Waals surface area (Å²) in [6.07, 6.45) is 2.84. The number of carbonyl (C=O) groups is 2. The van der Waals surface area contributed by atoms with Crippen LogP contribution in [0.15, 0.2) is 59.0 Å². The molecule has 0 atom stereocenters. The van der Waals surface area contributed by atoms with Crippen LogP contribution in [-0.4, -0.2) is 16.7 Å². The highest BCUT2D eigenvalue weighted by Crippen LogP contribution is 2.16. The van der Waals surface area contributed by atoms with E-state index in [4.69, 9.17) is 4.42 Å². The summed E-state index contributed by atoms with van der Waals surface area (Å²) in [6, 6.07) is 14.1. The number of oxazole rings is 1. The van der Waals surface area contributed by atoms with Crippen LogP contribution in [0.25, 0.3) is 17.2 Å². The number of ketones is 1. The molecule has 3 aromatic rings. The zero-order valence-electron chi connectivity index (χ0n) is 12.4. The summed E-state index contributed by atoms with van der Waals surface area (Å²) < 4.78 is 5.50. The predicted octanol–water partition coefficient (Wildman–Crippen LogP) is 3.68. The average molecular weight is 306 g/mol. The van der Waals surface area contributed by atoms with Crippen LogP contribution < -0.4 is 5.32 Å². The van der Waals surface area contributed by atoms with Crippen LogP contribution >= 0.6 is 0 Å². The van der Waals surface area contributed by atoms with E-state index in [9.17, 15) is 9.59 Å². The number of hydrogen-bond donors (Lipinski definition) is 1. The molecule has 0 saturated carbocycles. The third kappa shape index (κ3) is 3.52. The molecule has 1 heterocycles. The van der Waals surface area contributed by atoms with Crippen molar-refractivity contribution in [1.29, 1.82) is 0 Å². The van der Waals surface area contributed by atoms with Gasteiger partial charge < -0.3 is 9.73 Å². The summed E-state index contributed by atoms with van der Waals surface area (Å²) >= 11 is 0. The van der Waals surface area contributed by atoms with Crippen LogP contribution in [0.2, 0.25) is 0 Å². The zero-order chi connectivity index (χ0) is 16.2. The molecule has 0 saturated heterocycles. The SMILES string of the molecule is CC(=O)c1cccc(NC(=O)C=Cc2nc3ccccc3o2)c1. The minimum absolute atomic E-state index is 0.0527. The summed E-state index contributed by atoms with van der Waals surface area (Å²) in [7, 11) is 0. The van der Waals surface area contributed by atoms with E-state index in [0.29, 0.717) is 22.7 Å². The van der Waals surface area contributed by atoms with Crippen molar-refractivity contribution in [3.63, 3.8) is 0 Å². The van der Waals surface area contributed by atoms with E-state index in [1.807, 2.05) is 24.3 Å². The number of aromatic nitrogens is 1. The molecule has 0 unspecified atom stereocenters. The fourth-order valence-electron chi connectivity index (χ4n) is 2.11. The molecule has 5 heteroatoms. The minimum atomic E-state index is -0.326. The molecule has 0 aliphatic rings. The van der Waals surface area contributed by atoms with Gasteiger partial charge in [0.05, 0.1) is 0 Å². The lowest BCUT2D eigenvalue weighted by Gasteiger charge is -2.03. The molecule has 0 radical (unpaired) electrons. The molecule has 0 aliphatic heterocycles. The average Bonchev–Trinajstić information content (AvgIpc) is 2.96. The largest absolute Gasteiger partial charge is 0.437 e. The smallest absolute Gasteiger partial charge is 0.248 e. The van der Waals surface area contributed by atoms with E-state index in [0.717, 1.165) is 5.52 Å². The maximum Gasteiger partial charge on any atom is 0.248 e. The second kappa shape index (κ2) is 6.27. The van der Waals surface area contributed by atoms with Crippen molar-refractivity contribution >= 4 is 34.6 Å². The van der Waals surface area contributed by atoms with E-state index < -0.39 is 0 Å². The fourth-order valence-corrected chi connectivity index (χ4v) is 2.11. The van der Waals surface area contributed by atoms with Gasteiger partial charge >= 0.3 is 0 Å². The van der Waals surface area contributed by atoms with E-state index in [2.05, 4.69) is 10.3 Å². The van der Waals surface area contributed by atoms with E-state index in [1.54, 1.807) is 24.3 Å². The highest BCUT2D eigenvalue weighted by molar-refractivity contribution is 6.03. The second-order valence-corrected chi connectivity index (χ2v) is 4.98. The quantitative estimate of drug-likeness (QED) is 0.589. The van der Waals surface area contributed by atoms with Crippen LogP contribution in [0.1, 0.15) is 23.2 Å².